The summed E-state index contributed by atoms with van der Waals surface area (Å²) in [5.41, 5.74) is 5.22. The zero-order chi connectivity index (χ0) is 20.3. The van der Waals surface area contributed by atoms with Crippen LogP contribution in [0.1, 0.15) is 50.9 Å². The van der Waals surface area contributed by atoms with Crippen LogP contribution in [0.25, 0.3) is 10.2 Å². The van der Waals surface area contributed by atoms with Crippen molar-refractivity contribution in [3.8, 4) is 0 Å². The second-order valence-electron chi connectivity index (χ2n) is 7.55. The predicted molar refractivity (Wildman–Crippen MR) is 119 cm³/mol. The third kappa shape index (κ3) is 3.83. The number of nitrogens with zero attached hydrogens (tertiary/aromatic N) is 3. The molecular weight excluding hydrogens is 392 g/mol. The number of aromatic nitrogens is 3. The fourth-order valence-electron chi connectivity index (χ4n) is 3.94. The standard InChI is InChI=1S/C24H22N4OS/c29-24(26-15-17-10-6-7-13-25-17)23-27-19(14-16-8-2-1-3-9-16)22-21(28-23)18-11-4-5-12-20(18)30-22/h1-3,6-10,13H,4-5,11-12,14-15H2,(H,26,29). The van der Waals surface area contributed by atoms with Gasteiger partial charge < -0.3 is 5.32 Å². The van der Waals surface area contributed by atoms with Gasteiger partial charge in [0.2, 0.25) is 5.82 Å². The molecule has 1 aliphatic carbocycles. The van der Waals surface area contributed by atoms with E-state index in [0.29, 0.717) is 13.0 Å². The summed E-state index contributed by atoms with van der Waals surface area (Å²) in [5.74, 6) is -0.0110. The molecule has 3 heterocycles. The summed E-state index contributed by atoms with van der Waals surface area (Å²) in [6.07, 6.45) is 6.95. The van der Waals surface area contributed by atoms with Crippen LogP contribution in [0.5, 0.6) is 0 Å². The number of carbonyl (C=O) groups excluding carboxylic acids is 1. The van der Waals surface area contributed by atoms with Crippen LogP contribution in [-0.2, 0) is 25.8 Å². The van der Waals surface area contributed by atoms with Crippen molar-refractivity contribution in [2.45, 2.75) is 38.6 Å². The third-order valence-electron chi connectivity index (χ3n) is 5.44. The van der Waals surface area contributed by atoms with Gasteiger partial charge in [0.25, 0.3) is 5.91 Å². The van der Waals surface area contributed by atoms with E-state index in [4.69, 9.17) is 9.97 Å². The molecule has 6 heteroatoms. The fourth-order valence-corrected chi connectivity index (χ4v) is 5.25. The molecule has 5 nitrogen and oxygen atoms in total. The zero-order valence-electron chi connectivity index (χ0n) is 16.6. The maximum absolute atomic E-state index is 12.9. The average Bonchev–Trinajstić information content (AvgIpc) is 3.18. The lowest BCUT2D eigenvalue weighted by molar-refractivity contribution is 0.0940. The molecule has 5 rings (SSSR count). The van der Waals surface area contributed by atoms with E-state index in [-0.39, 0.29) is 11.7 Å². The molecule has 150 valence electrons. The van der Waals surface area contributed by atoms with Gasteiger partial charge in [-0.3, -0.25) is 9.78 Å². The largest absolute Gasteiger partial charge is 0.344 e. The Morgan fingerprint density at radius 3 is 2.67 bits per heavy atom. The van der Waals surface area contributed by atoms with Gasteiger partial charge in [0.05, 0.1) is 28.1 Å². The Hall–Kier alpha value is -3.12. The SMILES string of the molecule is O=C(NCc1ccccn1)c1nc(Cc2ccccc2)c2sc3c(c2n1)CCCC3. The molecule has 0 fully saturated rings. The molecule has 0 atom stereocenters. The van der Waals surface area contributed by atoms with Gasteiger partial charge in [-0.2, -0.15) is 0 Å². The van der Waals surface area contributed by atoms with Gasteiger partial charge >= 0.3 is 0 Å². The Bertz CT molecular complexity index is 1190. The van der Waals surface area contributed by atoms with E-state index in [1.165, 1.54) is 28.8 Å². The van der Waals surface area contributed by atoms with Crippen molar-refractivity contribution in [2.24, 2.45) is 0 Å². The normalized spacial score (nSPS) is 13.2. The van der Waals surface area contributed by atoms with Crippen molar-refractivity contribution in [1.82, 2.24) is 20.3 Å². The number of fused-ring (bicyclic) bond motifs is 3. The van der Waals surface area contributed by atoms with Gasteiger partial charge in [0.1, 0.15) is 0 Å². The fraction of sp³-hybridized carbons (Fsp3) is 0.250. The summed E-state index contributed by atoms with van der Waals surface area (Å²) in [4.78, 5) is 28.0. The Balaban J connectivity index is 1.52. The molecule has 0 saturated carbocycles. The van der Waals surface area contributed by atoms with Gasteiger partial charge in [0.15, 0.2) is 0 Å². The van der Waals surface area contributed by atoms with E-state index in [1.807, 2.05) is 47.7 Å². The molecular formula is C24H22N4OS. The number of hydrogen-bond donors (Lipinski definition) is 1. The molecule has 0 spiro atoms. The van der Waals surface area contributed by atoms with Crippen molar-refractivity contribution in [3.63, 3.8) is 0 Å². The predicted octanol–water partition coefficient (Wildman–Crippen LogP) is 4.49. The highest BCUT2D eigenvalue weighted by molar-refractivity contribution is 7.19. The van der Waals surface area contributed by atoms with Crippen molar-refractivity contribution >= 4 is 27.5 Å². The molecule has 30 heavy (non-hydrogen) atoms. The van der Waals surface area contributed by atoms with Gasteiger partial charge in [-0.15, -0.1) is 11.3 Å². The maximum Gasteiger partial charge on any atom is 0.289 e. The summed E-state index contributed by atoms with van der Waals surface area (Å²) >= 11 is 1.81. The molecule has 1 amide bonds. The van der Waals surface area contributed by atoms with Crippen LogP contribution in [0.15, 0.2) is 54.7 Å². The van der Waals surface area contributed by atoms with Crippen LogP contribution < -0.4 is 5.32 Å². The second-order valence-corrected chi connectivity index (χ2v) is 8.65. The van der Waals surface area contributed by atoms with Crippen molar-refractivity contribution in [3.05, 3.63) is 87.9 Å². The molecule has 4 aromatic rings. The summed E-state index contributed by atoms with van der Waals surface area (Å²) in [6.45, 7) is 0.358. The minimum absolute atomic E-state index is 0.246. The van der Waals surface area contributed by atoms with Crippen molar-refractivity contribution in [2.75, 3.05) is 0 Å². The second kappa shape index (κ2) is 8.32. The first-order valence-electron chi connectivity index (χ1n) is 10.3. The molecule has 3 aromatic heterocycles. The first-order valence-corrected chi connectivity index (χ1v) is 11.1. The lowest BCUT2D eigenvalue weighted by atomic mass is 9.98. The highest BCUT2D eigenvalue weighted by Gasteiger charge is 2.22. The van der Waals surface area contributed by atoms with E-state index in [1.54, 1.807) is 6.20 Å². The van der Waals surface area contributed by atoms with Gasteiger partial charge in [-0.05, 0) is 48.9 Å². The number of aryl methyl sites for hydroxylation is 2. The number of pyridine rings is 1. The summed E-state index contributed by atoms with van der Waals surface area (Å²) in [6, 6.07) is 15.9. The van der Waals surface area contributed by atoms with Crippen LogP contribution >= 0.6 is 11.3 Å². The smallest absolute Gasteiger partial charge is 0.289 e. The highest BCUT2D eigenvalue weighted by Crippen LogP contribution is 2.37. The first kappa shape index (κ1) is 18.9. The number of benzene rings is 1. The van der Waals surface area contributed by atoms with E-state index < -0.39 is 0 Å². The van der Waals surface area contributed by atoms with Crippen molar-refractivity contribution in [1.29, 1.82) is 0 Å². The molecule has 1 N–H and O–H groups in total. The summed E-state index contributed by atoms with van der Waals surface area (Å²) in [7, 11) is 0. The number of amides is 1. The zero-order valence-corrected chi connectivity index (χ0v) is 17.4. The van der Waals surface area contributed by atoms with E-state index >= 15 is 0 Å². The first-order chi connectivity index (χ1) is 14.8. The third-order valence-corrected chi connectivity index (χ3v) is 6.77. The average molecular weight is 415 g/mol. The molecule has 0 aliphatic heterocycles. The highest BCUT2D eigenvalue weighted by atomic mass is 32.1. The van der Waals surface area contributed by atoms with Crippen LogP contribution in [0.3, 0.4) is 0 Å². The molecule has 1 aliphatic rings. The lowest BCUT2D eigenvalue weighted by Gasteiger charge is -2.10. The van der Waals surface area contributed by atoms with Crippen molar-refractivity contribution < 1.29 is 4.79 Å². The van der Waals surface area contributed by atoms with Crippen LogP contribution in [0, 0.1) is 0 Å². The Morgan fingerprint density at radius 2 is 1.83 bits per heavy atom. The Labute approximate surface area is 179 Å². The van der Waals surface area contributed by atoms with Crippen LogP contribution in [0.4, 0.5) is 0 Å². The molecule has 0 unspecified atom stereocenters. The number of carbonyl (C=O) groups is 1. The molecule has 0 bridgehead atoms. The number of rotatable bonds is 5. The summed E-state index contributed by atoms with van der Waals surface area (Å²) < 4.78 is 1.13. The minimum atomic E-state index is -0.257. The molecule has 1 aromatic carbocycles. The number of nitrogens with one attached hydrogen (secondary N) is 1. The van der Waals surface area contributed by atoms with Crippen LogP contribution in [0.2, 0.25) is 0 Å². The van der Waals surface area contributed by atoms with E-state index in [2.05, 4.69) is 22.4 Å². The van der Waals surface area contributed by atoms with E-state index in [9.17, 15) is 4.79 Å². The quantitative estimate of drug-likeness (QED) is 0.523. The van der Waals surface area contributed by atoms with Gasteiger partial charge in [0, 0.05) is 17.5 Å². The summed E-state index contributed by atoms with van der Waals surface area (Å²) in [5, 5.41) is 2.92. The van der Waals surface area contributed by atoms with E-state index in [0.717, 1.165) is 34.4 Å². The van der Waals surface area contributed by atoms with Gasteiger partial charge in [-0.1, -0.05) is 36.4 Å². The minimum Gasteiger partial charge on any atom is -0.344 e. The monoisotopic (exact) mass is 414 g/mol. The lowest BCUT2D eigenvalue weighted by Crippen LogP contribution is -2.26. The number of thiophene rings is 1. The Kier molecular flexibility index (Phi) is 5.24. The molecule has 0 radical (unpaired) electrons. The molecule has 0 saturated heterocycles. The number of hydrogen-bond acceptors (Lipinski definition) is 5. The maximum atomic E-state index is 12.9. The topological polar surface area (TPSA) is 67.8 Å². The Morgan fingerprint density at radius 1 is 1.00 bits per heavy atom. The van der Waals surface area contributed by atoms with Gasteiger partial charge in [-0.25, -0.2) is 9.97 Å². The van der Waals surface area contributed by atoms with Crippen LogP contribution in [-0.4, -0.2) is 20.9 Å².